The van der Waals surface area contributed by atoms with E-state index in [1.54, 1.807) is 0 Å². The predicted octanol–water partition coefficient (Wildman–Crippen LogP) is 1.25. The molecule has 1 nitrogen and oxygen atoms in total. The second kappa shape index (κ2) is 5.19. The molecular weight excluding hydrogens is 178 g/mol. The van der Waals surface area contributed by atoms with Crippen LogP contribution in [0.4, 0.5) is 0 Å². The van der Waals surface area contributed by atoms with Crippen LogP contribution in [0.25, 0.3) is 0 Å². The van der Waals surface area contributed by atoms with E-state index in [-0.39, 0.29) is 11.0 Å². The third-order valence-electron chi connectivity index (χ3n) is 2.85. The number of hydrogen-bond acceptors (Lipinski definition) is 1. The number of hydrogen-bond donors (Lipinski definition) is 0. The first-order chi connectivity index (χ1) is 5.17. The van der Waals surface area contributed by atoms with Crippen molar-refractivity contribution in [1.82, 2.24) is 4.57 Å². The van der Waals surface area contributed by atoms with Gasteiger partial charge in [0.2, 0.25) is 0 Å². The molecule has 1 fully saturated rings. The minimum Gasteiger partial charge on any atom is -0.324 e. The third kappa shape index (κ3) is 3.03. The highest BCUT2D eigenvalue weighted by Crippen LogP contribution is 2.25. The average molecular weight is 203 g/mol. The predicted molar refractivity (Wildman–Crippen MR) is 64.7 cm³/mol. The summed E-state index contributed by atoms with van der Waals surface area (Å²) in [6, 6.07) is 1.52. The quantitative estimate of drug-likeness (QED) is 0.624. The number of unbranched alkanes of at least 4 members (excludes halogenated alkanes) is 1. The molecule has 0 N–H and O–H groups in total. The summed E-state index contributed by atoms with van der Waals surface area (Å²) >= 11 is 0. The lowest BCUT2D eigenvalue weighted by Crippen LogP contribution is -2.43. The van der Waals surface area contributed by atoms with E-state index in [0.717, 1.165) is 0 Å². The molecule has 1 heterocycles. The van der Waals surface area contributed by atoms with Gasteiger partial charge in [-0.15, -0.1) is 0 Å². The summed E-state index contributed by atoms with van der Waals surface area (Å²) in [7, 11) is -0.873. The fourth-order valence-corrected chi connectivity index (χ4v) is 4.79. The maximum atomic E-state index is 2.77. The summed E-state index contributed by atoms with van der Waals surface area (Å²) in [4.78, 5) is 0. The van der Waals surface area contributed by atoms with Gasteiger partial charge in [-0.05, 0) is 42.9 Å². The number of rotatable bonds is 3. The highest BCUT2D eigenvalue weighted by Gasteiger charge is 2.33. The highest BCUT2D eigenvalue weighted by atomic mass is 28.3. The Hall–Kier alpha value is 0.394. The van der Waals surface area contributed by atoms with Crippen LogP contribution in [0, 0.1) is 0 Å². The summed E-state index contributed by atoms with van der Waals surface area (Å²) in [5.74, 6) is 0. The second-order valence-electron chi connectivity index (χ2n) is 4.26. The summed E-state index contributed by atoms with van der Waals surface area (Å²) < 4.78 is 2.77. The largest absolute Gasteiger partial charge is 0.324 e. The zero-order chi connectivity index (χ0) is 8.32. The molecule has 0 unspecified atom stereocenters. The molecule has 0 aromatic carbocycles. The smallest absolute Gasteiger partial charge is 0.122 e. The molecule has 1 aliphatic heterocycles. The van der Waals surface area contributed by atoms with Gasteiger partial charge in [-0.2, -0.15) is 0 Å². The van der Waals surface area contributed by atoms with Crippen LogP contribution in [0.1, 0.15) is 26.2 Å². The van der Waals surface area contributed by atoms with Gasteiger partial charge in [-0.25, -0.2) is 0 Å². The first-order valence-electron chi connectivity index (χ1n) is 4.92. The van der Waals surface area contributed by atoms with Gasteiger partial charge in [0.1, 0.15) is 8.24 Å². The van der Waals surface area contributed by atoms with Gasteiger partial charge in [0.05, 0.1) is 0 Å². The molecule has 12 heavy (non-hydrogen) atoms. The fraction of sp³-hybridized carbons (Fsp3) is 1.00. The van der Waals surface area contributed by atoms with E-state index >= 15 is 0 Å². The minimum atomic E-state index is -0.873. The van der Waals surface area contributed by atoms with Crippen molar-refractivity contribution in [2.75, 3.05) is 13.1 Å². The Labute approximate surface area is 82.6 Å². The van der Waals surface area contributed by atoms with Crippen molar-refractivity contribution in [3.8, 4) is 0 Å². The lowest BCUT2D eigenvalue weighted by atomic mass is 10.3. The molecule has 0 radical (unpaired) electrons. The Morgan fingerprint density at radius 3 is 2.42 bits per heavy atom. The summed E-state index contributed by atoms with van der Waals surface area (Å²) in [6.07, 6.45) is 4.21. The number of nitrogens with zero attached hydrogens (tertiary/aromatic N) is 1. The van der Waals surface area contributed by atoms with Gasteiger partial charge in [0.25, 0.3) is 0 Å². The molecule has 0 bridgehead atoms. The van der Waals surface area contributed by atoms with E-state index in [2.05, 4.69) is 24.6 Å². The molecule has 0 aromatic heterocycles. The van der Waals surface area contributed by atoms with Gasteiger partial charge in [-0.1, -0.05) is 26.4 Å². The lowest BCUT2D eigenvalue weighted by Gasteiger charge is -2.29. The van der Waals surface area contributed by atoms with E-state index in [4.69, 9.17) is 0 Å². The molecule has 3 heteroatoms. The second-order valence-corrected chi connectivity index (χ2v) is 9.01. The highest BCUT2D eigenvalue weighted by molar-refractivity contribution is 6.75. The van der Waals surface area contributed by atoms with Gasteiger partial charge >= 0.3 is 0 Å². The third-order valence-corrected chi connectivity index (χ3v) is 6.59. The van der Waals surface area contributed by atoms with Crippen molar-refractivity contribution >= 4 is 19.2 Å². The molecule has 1 rings (SSSR count). The van der Waals surface area contributed by atoms with Crippen molar-refractivity contribution in [2.24, 2.45) is 0 Å². The van der Waals surface area contributed by atoms with Crippen LogP contribution in [0.15, 0.2) is 0 Å². The zero-order valence-corrected chi connectivity index (χ0v) is 9.19. The maximum absolute atomic E-state index is 2.77. The molecule has 0 saturated carbocycles. The fourth-order valence-electron chi connectivity index (χ4n) is 1.93. The van der Waals surface area contributed by atoms with Crippen LogP contribution in [0.2, 0.25) is 19.1 Å². The van der Waals surface area contributed by atoms with Crippen LogP contribution in [0.5, 0.6) is 0 Å². The summed E-state index contributed by atoms with van der Waals surface area (Å²) in [6.45, 7) is 10.1. The van der Waals surface area contributed by atoms with Crippen LogP contribution in [0.3, 0.4) is 0 Å². The summed E-state index contributed by atoms with van der Waals surface area (Å²) in [5, 5.41) is 0. The van der Waals surface area contributed by atoms with Crippen molar-refractivity contribution in [1.29, 1.82) is 0 Å². The Kier molecular flexibility index (Phi) is 5.36. The van der Waals surface area contributed by atoms with Crippen molar-refractivity contribution in [3.05, 3.63) is 0 Å². The topological polar surface area (TPSA) is 3.24 Å². The van der Waals surface area contributed by atoms with E-state index in [0.29, 0.717) is 0 Å². The lowest BCUT2D eigenvalue weighted by molar-refractivity contribution is 0.443. The van der Waals surface area contributed by atoms with Crippen LogP contribution in [-0.4, -0.2) is 36.9 Å². The first-order valence-corrected chi connectivity index (χ1v) is 8.07. The molecule has 0 atom stereocenters. The molecule has 74 valence electrons. The minimum absolute atomic E-state index is 0. The molecular formula is C9H25NSi2. The normalized spacial score (nSPS) is 22.2. The van der Waals surface area contributed by atoms with E-state index in [1.165, 1.54) is 38.4 Å². The monoisotopic (exact) mass is 203 g/mol. The van der Waals surface area contributed by atoms with Crippen LogP contribution < -0.4 is 0 Å². The Morgan fingerprint density at radius 1 is 1.33 bits per heavy atom. The van der Waals surface area contributed by atoms with E-state index in [1.807, 2.05) is 0 Å². The van der Waals surface area contributed by atoms with Gasteiger partial charge in [0.15, 0.2) is 0 Å². The average Bonchev–Trinajstić information content (AvgIpc) is 2.25. The molecule has 0 aliphatic carbocycles. The van der Waals surface area contributed by atoms with Crippen LogP contribution >= 0.6 is 0 Å². The Bertz CT molecular complexity index is 126. The van der Waals surface area contributed by atoms with Crippen molar-refractivity contribution in [2.45, 2.75) is 45.3 Å². The SMILES string of the molecule is CCCCN1CCC[Si]1(C)C.[SiH4]. The Morgan fingerprint density at radius 2 is 2.00 bits per heavy atom. The van der Waals surface area contributed by atoms with Gasteiger partial charge in [-0.3, -0.25) is 0 Å². The molecule has 0 spiro atoms. The van der Waals surface area contributed by atoms with Crippen LogP contribution in [-0.2, 0) is 0 Å². The maximum Gasteiger partial charge on any atom is 0.122 e. The van der Waals surface area contributed by atoms with Gasteiger partial charge < -0.3 is 4.57 Å². The first kappa shape index (κ1) is 12.4. The molecule has 0 aromatic rings. The van der Waals surface area contributed by atoms with Crippen molar-refractivity contribution < 1.29 is 0 Å². The molecule has 1 saturated heterocycles. The van der Waals surface area contributed by atoms with E-state index in [9.17, 15) is 0 Å². The molecule has 1 aliphatic rings. The Balaban J connectivity index is 0.00000121. The zero-order valence-electron chi connectivity index (χ0n) is 8.19. The summed E-state index contributed by atoms with van der Waals surface area (Å²) in [5.41, 5.74) is 0. The van der Waals surface area contributed by atoms with Gasteiger partial charge in [0, 0.05) is 0 Å². The standard InChI is InChI=1S/C9H21NSi.H4Si/c1-4-5-7-10-8-6-9-11(10,2)3;/h4-9H2,1-3H3;1H4. The molecule has 0 amide bonds. The van der Waals surface area contributed by atoms with Crippen molar-refractivity contribution in [3.63, 3.8) is 0 Å². The van der Waals surface area contributed by atoms with E-state index < -0.39 is 8.24 Å².